The molecule has 0 radical (unpaired) electrons. The molecule has 1 saturated carbocycles. The Morgan fingerprint density at radius 3 is 2.48 bits per heavy atom. The van der Waals surface area contributed by atoms with Crippen LogP contribution in [0.2, 0.25) is 0 Å². The van der Waals surface area contributed by atoms with Gasteiger partial charge in [0, 0.05) is 37.5 Å². The van der Waals surface area contributed by atoms with E-state index in [9.17, 15) is 14.4 Å². The number of aryl methyl sites for hydroxylation is 1. The summed E-state index contributed by atoms with van der Waals surface area (Å²) in [6.07, 6.45) is 8.44. The van der Waals surface area contributed by atoms with E-state index in [2.05, 4.69) is 0 Å². The van der Waals surface area contributed by atoms with Crippen molar-refractivity contribution in [3.05, 3.63) is 35.5 Å². The Morgan fingerprint density at radius 1 is 1.00 bits per heavy atom. The lowest BCUT2D eigenvalue weighted by Gasteiger charge is -2.34. The Morgan fingerprint density at radius 2 is 1.77 bits per heavy atom. The quantitative estimate of drug-likeness (QED) is 0.402. The molecule has 2 aliphatic heterocycles. The summed E-state index contributed by atoms with van der Waals surface area (Å²) < 4.78 is 18.7. The van der Waals surface area contributed by atoms with Gasteiger partial charge in [-0.2, -0.15) is 0 Å². The molecule has 5 rings (SSSR count). The molecule has 0 spiro atoms. The van der Waals surface area contributed by atoms with Crippen LogP contribution in [-0.2, 0) is 32.5 Å². The molecule has 218 valence electrons. The Hall–Kier alpha value is -2.87. The normalized spacial score (nSPS) is 24.0. The highest BCUT2D eigenvalue weighted by molar-refractivity contribution is 5.96. The standard InChI is InChI=1S/C32H44N2O6/c1-32(2,3)40-31(37)34-15-14-25(22-9-6-5-7-10-22)29(34)28(35)18-21-12-13-26-23(17-21)19-27(33(26)4)30(36)39-20-24-11-8-16-38-24/h12-13,17,19,22,24-25,29H,5-11,14-16,18,20H2,1-4H3/t24-,25-,29-/m0/s1. The molecular formula is C32H44N2O6. The zero-order valence-corrected chi connectivity index (χ0v) is 24.4. The molecule has 1 aromatic carbocycles. The van der Waals surface area contributed by atoms with E-state index in [-0.39, 0.29) is 36.8 Å². The van der Waals surface area contributed by atoms with Crippen molar-refractivity contribution in [3.8, 4) is 0 Å². The summed E-state index contributed by atoms with van der Waals surface area (Å²) in [4.78, 5) is 41.6. The fourth-order valence-electron chi connectivity index (χ4n) is 6.84. The molecule has 1 aromatic heterocycles. The van der Waals surface area contributed by atoms with Crippen LogP contribution in [0.15, 0.2) is 24.3 Å². The van der Waals surface area contributed by atoms with Crippen LogP contribution in [0.25, 0.3) is 10.9 Å². The molecule has 8 nitrogen and oxygen atoms in total. The predicted molar refractivity (Wildman–Crippen MR) is 152 cm³/mol. The Kier molecular flexibility index (Phi) is 8.55. The lowest BCUT2D eigenvalue weighted by molar-refractivity contribution is -0.124. The number of carbonyl (C=O) groups is 3. The van der Waals surface area contributed by atoms with Gasteiger partial charge in [-0.15, -0.1) is 0 Å². The van der Waals surface area contributed by atoms with Crippen LogP contribution < -0.4 is 0 Å². The van der Waals surface area contributed by atoms with Gasteiger partial charge in [-0.3, -0.25) is 9.69 Å². The van der Waals surface area contributed by atoms with Crippen LogP contribution in [0.4, 0.5) is 4.79 Å². The summed E-state index contributed by atoms with van der Waals surface area (Å²) in [5.41, 5.74) is 1.63. The number of rotatable bonds is 7. The summed E-state index contributed by atoms with van der Waals surface area (Å²) >= 11 is 0. The zero-order valence-electron chi connectivity index (χ0n) is 24.4. The number of Topliss-reactive ketones (excluding diaryl/α,β-unsaturated/α-hetero) is 1. The molecule has 3 heterocycles. The van der Waals surface area contributed by atoms with Crippen molar-refractivity contribution in [3.63, 3.8) is 0 Å². The fraction of sp³-hybridized carbons (Fsp3) is 0.656. The average molecular weight is 553 g/mol. The smallest absolute Gasteiger partial charge is 0.410 e. The summed E-state index contributed by atoms with van der Waals surface area (Å²) in [5, 5.41) is 0.885. The van der Waals surface area contributed by atoms with Crippen LogP contribution in [-0.4, -0.2) is 64.8 Å². The van der Waals surface area contributed by atoms with Gasteiger partial charge in [-0.05, 0) is 75.6 Å². The lowest BCUT2D eigenvalue weighted by atomic mass is 9.75. The highest BCUT2D eigenvalue weighted by atomic mass is 16.6. The van der Waals surface area contributed by atoms with Crippen LogP contribution >= 0.6 is 0 Å². The molecule has 2 aromatic rings. The van der Waals surface area contributed by atoms with E-state index in [0.29, 0.717) is 18.2 Å². The van der Waals surface area contributed by atoms with E-state index in [1.807, 2.05) is 56.7 Å². The molecule has 3 atom stereocenters. The van der Waals surface area contributed by atoms with Crippen molar-refractivity contribution in [1.29, 1.82) is 0 Å². The Bertz CT molecular complexity index is 1230. The van der Waals surface area contributed by atoms with Gasteiger partial charge in [0.05, 0.1) is 12.1 Å². The zero-order chi connectivity index (χ0) is 28.4. The number of nitrogens with zero attached hydrogens (tertiary/aromatic N) is 2. The first-order chi connectivity index (χ1) is 19.1. The number of fused-ring (bicyclic) bond motifs is 1. The van der Waals surface area contributed by atoms with E-state index in [1.54, 1.807) is 4.90 Å². The monoisotopic (exact) mass is 552 g/mol. The van der Waals surface area contributed by atoms with Crippen LogP contribution in [0.1, 0.15) is 88.2 Å². The number of esters is 1. The molecule has 1 amide bonds. The molecule has 3 aliphatic rings. The van der Waals surface area contributed by atoms with Crippen LogP contribution in [0.3, 0.4) is 0 Å². The number of hydrogen-bond donors (Lipinski definition) is 0. The van der Waals surface area contributed by atoms with Gasteiger partial charge in [0.15, 0.2) is 5.78 Å². The minimum Gasteiger partial charge on any atom is -0.458 e. The number of likely N-dealkylation sites (tertiary alicyclic amines) is 1. The maximum Gasteiger partial charge on any atom is 0.410 e. The average Bonchev–Trinajstić information content (AvgIpc) is 3.66. The van der Waals surface area contributed by atoms with E-state index in [1.165, 1.54) is 19.3 Å². The minimum atomic E-state index is -0.616. The lowest BCUT2D eigenvalue weighted by Crippen LogP contribution is -2.47. The second-order valence-electron chi connectivity index (χ2n) is 12.8. The molecule has 1 aliphatic carbocycles. The summed E-state index contributed by atoms with van der Waals surface area (Å²) in [6, 6.07) is 7.24. The minimum absolute atomic E-state index is 0.0236. The number of aromatic nitrogens is 1. The summed E-state index contributed by atoms with van der Waals surface area (Å²) in [6.45, 7) is 7.11. The highest BCUT2D eigenvalue weighted by Crippen LogP contribution is 2.40. The summed E-state index contributed by atoms with van der Waals surface area (Å²) in [7, 11) is 1.85. The highest BCUT2D eigenvalue weighted by Gasteiger charge is 2.46. The number of carbonyl (C=O) groups excluding carboxylic acids is 3. The molecule has 8 heteroatoms. The predicted octanol–water partition coefficient (Wildman–Crippen LogP) is 5.83. The van der Waals surface area contributed by atoms with E-state index < -0.39 is 17.7 Å². The fourth-order valence-corrected chi connectivity index (χ4v) is 6.84. The topological polar surface area (TPSA) is 87.1 Å². The van der Waals surface area contributed by atoms with Gasteiger partial charge in [-0.25, -0.2) is 9.59 Å². The number of ketones is 1. The van der Waals surface area contributed by atoms with Crippen molar-refractivity contribution >= 4 is 28.7 Å². The molecular weight excluding hydrogens is 508 g/mol. The number of amides is 1. The first-order valence-electron chi connectivity index (χ1n) is 15.0. The van der Waals surface area contributed by atoms with Crippen molar-refractivity contribution < 1.29 is 28.6 Å². The van der Waals surface area contributed by atoms with Crippen LogP contribution in [0.5, 0.6) is 0 Å². The first-order valence-corrected chi connectivity index (χ1v) is 15.0. The third kappa shape index (κ3) is 6.37. The molecule has 0 N–H and O–H groups in total. The Balaban J connectivity index is 1.33. The van der Waals surface area contributed by atoms with Gasteiger partial charge in [0.25, 0.3) is 0 Å². The number of benzene rings is 1. The second kappa shape index (κ2) is 11.9. The largest absolute Gasteiger partial charge is 0.458 e. The maximum atomic E-state index is 13.9. The van der Waals surface area contributed by atoms with Gasteiger partial charge < -0.3 is 18.8 Å². The summed E-state index contributed by atoms with van der Waals surface area (Å²) in [5.74, 6) is 0.326. The Labute approximate surface area is 237 Å². The van der Waals surface area contributed by atoms with E-state index in [4.69, 9.17) is 14.2 Å². The SMILES string of the molecule is Cn1c(C(=O)OC[C@@H]2CCCO2)cc2cc(CC(=O)[C@@H]3[C@H](C4CCCCC4)CCN3C(=O)OC(C)(C)C)ccc21. The maximum absolute atomic E-state index is 13.9. The molecule has 0 unspecified atom stereocenters. The van der Waals surface area contributed by atoms with Gasteiger partial charge in [0.1, 0.15) is 17.9 Å². The molecule has 40 heavy (non-hydrogen) atoms. The molecule has 2 saturated heterocycles. The van der Waals surface area contributed by atoms with Gasteiger partial charge in [-0.1, -0.05) is 38.2 Å². The van der Waals surface area contributed by atoms with Crippen molar-refractivity contribution in [2.24, 2.45) is 18.9 Å². The van der Waals surface area contributed by atoms with Crippen molar-refractivity contribution in [2.45, 2.75) is 96.3 Å². The van der Waals surface area contributed by atoms with Crippen molar-refractivity contribution in [1.82, 2.24) is 9.47 Å². The number of hydrogen-bond acceptors (Lipinski definition) is 6. The van der Waals surface area contributed by atoms with Crippen LogP contribution in [0, 0.1) is 11.8 Å². The second-order valence-corrected chi connectivity index (χ2v) is 12.8. The van der Waals surface area contributed by atoms with Gasteiger partial charge >= 0.3 is 12.1 Å². The number of ether oxygens (including phenoxy) is 3. The van der Waals surface area contributed by atoms with E-state index >= 15 is 0 Å². The molecule has 0 bridgehead atoms. The third-order valence-electron chi connectivity index (χ3n) is 8.78. The van der Waals surface area contributed by atoms with Crippen molar-refractivity contribution in [2.75, 3.05) is 19.8 Å². The third-order valence-corrected chi connectivity index (χ3v) is 8.78. The molecule has 3 fully saturated rings. The van der Waals surface area contributed by atoms with Gasteiger partial charge in [0.2, 0.25) is 0 Å². The van der Waals surface area contributed by atoms with E-state index in [0.717, 1.165) is 55.2 Å². The first kappa shape index (κ1) is 28.7.